The second-order valence-electron chi connectivity index (χ2n) is 5.42. The predicted molar refractivity (Wildman–Crippen MR) is 79.2 cm³/mol. The molecular formula is C14H29NO2S. The first-order chi connectivity index (χ1) is 8.72. The summed E-state index contributed by atoms with van der Waals surface area (Å²) in [5.41, 5.74) is 0. The number of hydrogen-bond donors (Lipinski definition) is 2. The Hall–Kier alpha value is 0.230. The van der Waals surface area contributed by atoms with Gasteiger partial charge in [-0.1, -0.05) is 6.92 Å². The van der Waals surface area contributed by atoms with Crippen LogP contribution in [0.3, 0.4) is 0 Å². The van der Waals surface area contributed by atoms with Crippen molar-refractivity contribution in [2.24, 2.45) is 5.92 Å². The van der Waals surface area contributed by atoms with Gasteiger partial charge in [-0.25, -0.2) is 0 Å². The highest BCUT2D eigenvalue weighted by Gasteiger charge is 2.19. The zero-order chi connectivity index (χ0) is 13.2. The van der Waals surface area contributed by atoms with Gasteiger partial charge in [0.25, 0.3) is 0 Å². The van der Waals surface area contributed by atoms with Crippen molar-refractivity contribution in [2.75, 3.05) is 31.7 Å². The molecule has 0 aliphatic heterocycles. The van der Waals surface area contributed by atoms with Crippen LogP contribution in [0.1, 0.15) is 39.0 Å². The van der Waals surface area contributed by atoms with Crippen molar-refractivity contribution in [3.63, 3.8) is 0 Å². The molecule has 1 aliphatic rings. The van der Waals surface area contributed by atoms with Crippen LogP contribution in [0.2, 0.25) is 0 Å². The van der Waals surface area contributed by atoms with E-state index in [1.54, 1.807) is 0 Å². The fraction of sp³-hybridized carbons (Fsp3) is 1.00. The highest BCUT2D eigenvalue weighted by atomic mass is 32.2. The van der Waals surface area contributed by atoms with Crippen molar-refractivity contribution in [1.29, 1.82) is 0 Å². The van der Waals surface area contributed by atoms with Crippen LogP contribution in [-0.4, -0.2) is 49.0 Å². The first kappa shape index (κ1) is 16.3. The molecule has 1 rings (SSSR count). The minimum absolute atomic E-state index is 0.362. The highest BCUT2D eigenvalue weighted by Crippen LogP contribution is 2.25. The Balaban J connectivity index is 1.94. The number of nitrogens with one attached hydrogen (secondary N) is 1. The Labute approximate surface area is 116 Å². The molecule has 0 aromatic carbocycles. The third kappa shape index (κ3) is 7.62. The Morgan fingerprint density at radius 1 is 1.33 bits per heavy atom. The summed E-state index contributed by atoms with van der Waals surface area (Å²) < 4.78 is 5.78. The molecule has 1 fully saturated rings. The van der Waals surface area contributed by atoms with Crippen molar-refractivity contribution in [2.45, 2.75) is 51.2 Å². The molecule has 0 bridgehead atoms. The van der Waals surface area contributed by atoms with E-state index in [1.807, 2.05) is 11.8 Å². The largest absolute Gasteiger partial charge is 0.389 e. The third-order valence-electron chi connectivity index (χ3n) is 3.57. The number of aliphatic hydroxyl groups is 1. The second kappa shape index (κ2) is 10.1. The van der Waals surface area contributed by atoms with Crippen LogP contribution < -0.4 is 5.32 Å². The van der Waals surface area contributed by atoms with E-state index in [9.17, 15) is 5.11 Å². The molecule has 0 aromatic heterocycles. The lowest BCUT2D eigenvalue weighted by atomic mass is 9.89. The molecule has 3 nitrogen and oxygen atoms in total. The quantitative estimate of drug-likeness (QED) is 0.634. The zero-order valence-electron chi connectivity index (χ0n) is 11.9. The van der Waals surface area contributed by atoms with Crippen LogP contribution in [0, 0.1) is 5.92 Å². The molecule has 0 radical (unpaired) electrons. The van der Waals surface area contributed by atoms with Crippen LogP contribution in [0.4, 0.5) is 0 Å². The van der Waals surface area contributed by atoms with E-state index >= 15 is 0 Å². The van der Waals surface area contributed by atoms with Gasteiger partial charge in [0, 0.05) is 6.54 Å². The predicted octanol–water partition coefficient (Wildman–Crippen LogP) is 2.29. The molecule has 1 saturated carbocycles. The van der Waals surface area contributed by atoms with Crippen LogP contribution in [-0.2, 0) is 4.74 Å². The molecule has 2 N–H and O–H groups in total. The number of thioether (sulfide) groups is 1. The number of rotatable bonds is 9. The minimum Gasteiger partial charge on any atom is -0.389 e. The van der Waals surface area contributed by atoms with Gasteiger partial charge in [0.1, 0.15) is 0 Å². The lowest BCUT2D eigenvalue weighted by Crippen LogP contribution is -2.33. The Bertz CT molecular complexity index is 196. The van der Waals surface area contributed by atoms with Gasteiger partial charge >= 0.3 is 0 Å². The summed E-state index contributed by atoms with van der Waals surface area (Å²) in [6.07, 6.45) is 8.17. The summed E-state index contributed by atoms with van der Waals surface area (Å²) in [5, 5.41) is 13.1. The van der Waals surface area contributed by atoms with Gasteiger partial charge in [0.05, 0.1) is 18.8 Å². The first-order valence-corrected chi connectivity index (χ1v) is 8.61. The van der Waals surface area contributed by atoms with Crippen molar-refractivity contribution >= 4 is 11.8 Å². The molecule has 1 unspecified atom stereocenters. The molecule has 0 saturated heterocycles. The van der Waals surface area contributed by atoms with Crippen molar-refractivity contribution < 1.29 is 9.84 Å². The Morgan fingerprint density at radius 3 is 2.72 bits per heavy atom. The van der Waals surface area contributed by atoms with Gasteiger partial charge in [0.15, 0.2) is 0 Å². The van der Waals surface area contributed by atoms with Gasteiger partial charge in [-0.2, -0.15) is 11.8 Å². The second-order valence-corrected chi connectivity index (χ2v) is 6.41. The maximum absolute atomic E-state index is 9.80. The highest BCUT2D eigenvalue weighted by molar-refractivity contribution is 7.98. The maximum Gasteiger partial charge on any atom is 0.0897 e. The summed E-state index contributed by atoms with van der Waals surface area (Å²) in [6, 6.07) is 0. The summed E-state index contributed by atoms with van der Waals surface area (Å²) in [7, 11) is 0. The molecule has 0 aromatic rings. The van der Waals surface area contributed by atoms with Crippen LogP contribution in [0.5, 0.6) is 0 Å². The zero-order valence-corrected chi connectivity index (χ0v) is 12.7. The molecule has 1 atom stereocenters. The Morgan fingerprint density at radius 2 is 2.06 bits per heavy atom. The van der Waals surface area contributed by atoms with E-state index in [2.05, 4.69) is 18.5 Å². The molecular weight excluding hydrogens is 246 g/mol. The lowest BCUT2D eigenvalue weighted by Gasteiger charge is -2.27. The van der Waals surface area contributed by atoms with Crippen molar-refractivity contribution in [1.82, 2.24) is 5.32 Å². The van der Waals surface area contributed by atoms with Crippen molar-refractivity contribution in [3.05, 3.63) is 0 Å². The smallest absolute Gasteiger partial charge is 0.0897 e. The average Bonchev–Trinajstić information content (AvgIpc) is 2.38. The van der Waals surface area contributed by atoms with Crippen LogP contribution >= 0.6 is 11.8 Å². The molecule has 0 heterocycles. The number of aliphatic hydroxyl groups excluding tert-OH is 1. The first-order valence-electron chi connectivity index (χ1n) is 7.21. The standard InChI is InChI=1S/C14H29NO2S/c1-12-4-6-14(7-5-12)17-11-13(16)10-15-8-3-9-18-2/h12-16H,3-11H2,1-2H3. The molecule has 1 aliphatic carbocycles. The molecule has 108 valence electrons. The fourth-order valence-corrected chi connectivity index (χ4v) is 2.75. The molecule has 18 heavy (non-hydrogen) atoms. The summed E-state index contributed by atoms with van der Waals surface area (Å²) in [4.78, 5) is 0. The normalized spacial score (nSPS) is 26.2. The summed E-state index contributed by atoms with van der Waals surface area (Å²) in [6.45, 7) is 4.43. The van der Waals surface area contributed by atoms with Crippen LogP contribution in [0.15, 0.2) is 0 Å². The van der Waals surface area contributed by atoms with Gasteiger partial charge in [0.2, 0.25) is 0 Å². The molecule has 0 amide bonds. The number of hydrogen-bond acceptors (Lipinski definition) is 4. The van der Waals surface area contributed by atoms with Gasteiger partial charge in [-0.15, -0.1) is 0 Å². The van der Waals surface area contributed by atoms with Gasteiger partial charge in [-0.05, 0) is 56.6 Å². The Kier molecular flexibility index (Phi) is 9.11. The summed E-state index contributed by atoms with van der Waals surface area (Å²) in [5.74, 6) is 2.03. The SMILES string of the molecule is CSCCCNCC(O)COC1CCC(C)CC1. The molecule has 0 spiro atoms. The summed E-state index contributed by atoms with van der Waals surface area (Å²) >= 11 is 1.86. The van der Waals surface area contributed by atoms with E-state index in [0.717, 1.165) is 31.7 Å². The topological polar surface area (TPSA) is 41.5 Å². The minimum atomic E-state index is -0.362. The average molecular weight is 275 g/mol. The monoisotopic (exact) mass is 275 g/mol. The van der Waals surface area contributed by atoms with E-state index in [-0.39, 0.29) is 6.10 Å². The lowest BCUT2D eigenvalue weighted by molar-refractivity contribution is -0.0277. The maximum atomic E-state index is 9.80. The van der Waals surface area contributed by atoms with Gasteiger partial charge < -0.3 is 15.2 Å². The van der Waals surface area contributed by atoms with E-state index < -0.39 is 0 Å². The van der Waals surface area contributed by atoms with E-state index in [1.165, 1.54) is 18.6 Å². The third-order valence-corrected chi connectivity index (χ3v) is 4.27. The van der Waals surface area contributed by atoms with Gasteiger partial charge in [-0.3, -0.25) is 0 Å². The van der Waals surface area contributed by atoms with E-state index in [0.29, 0.717) is 19.3 Å². The van der Waals surface area contributed by atoms with E-state index in [4.69, 9.17) is 4.74 Å². The fourth-order valence-electron chi connectivity index (χ4n) is 2.31. The number of ether oxygens (including phenoxy) is 1. The molecule has 4 heteroatoms. The van der Waals surface area contributed by atoms with Crippen LogP contribution in [0.25, 0.3) is 0 Å². The van der Waals surface area contributed by atoms with Crippen molar-refractivity contribution in [3.8, 4) is 0 Å².